The van der Waals surface area contributed by atoms with Crippen molar-refractivity contribution >= 4 is 13.5 Å². The summed E-state index contributed by atoms with van der Waals surface area (Å²) in [4.78, 5) is 11.1. The van der Waals surface area contributed by atoms with E-state index in [-0.39, 0.29) is 16.9 Å². The van der Waals surface area contributed by atoms with Crippen molar-refractivity contribution in [2.75, 3.05) is 0 Å². The number of benzene rings is 2. The lowest BCUT2D eigenvalue weighted by molar-refractivity contribution is 0.513. The van der Waals surface area contributed by atoms with Gasteiger partial charge in [0.15, 0.2) is 0 Å². The van der Waals surface area contributed by atoms with E-state index in [1.165, 1.54) is 12.1 Å². The van der Waals surface area contributed by atoms with Crippen LogP contribution in [0.1, 0.15) is 27.7 Å². The Bertz CT molecular complexity index is 580. The molecule has 0 spiro atoms. The quantitative estimate of drug-likeness (QED) is 0.827. The van der Waals surface area contributed by atoms with Crippen molar-refractivity contribution in [1.29, 1.82) is 0 Å². The summed E-state index contributed by atoms with van der Waals surface area (Å²) in [7, 11) is -2.47. The van der Waals surface area contributed by atoms with Crippen molar-refractivity contribution in [3.05, 3.63) is 54.3 Å². The normalized spacial score (nSPS) is 12.2. The molecule has 0 aliphatic heterocycles. The van der Waals surface area contributed by atoms with Gasteiger partial charge in [0.2, 0.25) is 8.32 Å². The maximum Gasteiger partial charge on any atom is 0.225 e. The minimum absolute atomic E-state index is 0.225. The summed E-state index contributed by atoms with van der Waals surface area (Å²) in [5, 5.41) is 1.07. The third kappa shape index (κ3) is 3.09. The van der Waals surface area contributed by atoms with Crippen LogP contribution in [0.15, 0.2) is 48.5 Å². The van der Waals surface area contributed by atoms with Gasteiger partial charge in [0, 0.05) is 0 Å². The van der Waals surface area contributed by atoms with E-state index in [1.807, 2.05) is 24.3 Å². The van der Waals surface area contributed by atoms with Crippen molar-refractivity contribution in [1.82, 2.24) is 0 Å². The summed E-state index contributed by atoms with van der Waals surface area (Å²) >= 11 is 0. The molecule has 2 aromatic carbocycles. The molecule has 0 heterocycles. The zero-order valence-corrected chi connectivity index (χ0v) is 14.1. The molecule has 1 N–H and O–H groups in total. The summed E-state index contributed by atoms with van der Waals surface area (Å²) in [5.41, 5.74) is 2.58. The van der Waals surface area contributed by atoms with Crippen LogP contribution < -0.4 is 5.19 Å². The van der Waals surface area contributed by atoms with Crippen molar-refractivity contribution in [2.45, 2.75) is 38.8 Å². The zero-order valence-electron chi connectivity index (χ0n) is 13.1. The molecule has 1 nitrogen and oxygen atoms in total. The van der Waals surface area contributed by atoms with Crippen LogP contribution in [0.2, 0.25) is 11.1 Å². The maximum absolute atomic E-state index is 13.0. The highest BCUT2D eigenvalue weighted by atomic mass is 28.4. The molecule has 0 saturated heterocycles. The highest BCUT2D eigenvalue weighted by molar-refractivity contribution is 6.87. The first-order valence-corrected chi connectivity index (χ1v) is 9.54. The Hall–Kier alpha value is -1.45. The van der Waals surface area contributed by atoms with Gasteiger partial charge < -0.3 is 4.80 Å². The number of hydrogen-bond donors (Lipinski definition) is 1. The van der Waals surface area contributed by atoms with E-state index in [1.54, 1.807) is 12.1 Å². The molecule has 112 valence electrons. The van der Waals surface area contributed by atoms with Gasteiger partial charge in [-0.2, -0.15) is 0 Å². The van der Waals surface area contributed by atoms with Gasteiger partial charge in [-0.1, -0.05) is 64.1 Å². The van der Waals surface area contributed by atoms with E-state index in [9.17, 15) is 9.19 Å². The van der Waals surface area contributed by atoms with Crippen molar-refractivity contribution < 1.29 is 9.19 Å². The Kier molecular flexibility index (Phi) is 4.64. The van der Waals surface area contributed by atoms with Gasteiger partial charge in [-0.05, 0) is 39.5 Å². The zero-order chi connectivity index (χ0) is 15.6. The van der Waals surface area contributed by atoms with Crippen molar-refractivity contribution in [3.8, 4) is 11.1 Å². The fraction of sp³-hybridized carbons (Fsp3) is 0.333. The second-order valence-corrected chi connectivity index (χ2v) is 10.8. The molecule has 21 heavy (non-hydrogen) atoms. The molecule has 0 saturated carbocycles. The molecule has 0 aromatic heterocycles. The molecule has 0 aliphatic rings. The van der Waals surface area contributed by atoms with Crippen LogP contribution in [-0.4, -0.2) is 13.1 Å². The van der Waals surface area contributed by atoms with Crippen LogP contribution in [-0.2, 0) is 0 Å². The van der Waals surface area contributed by atoms with E-state index < -0.39 is 8.32 Å². The SMILES string of the molecule is CC(C)[Si](O)(c1ccc(-c2ccc(F)cc2)cc1)C(C)C. The van der Waals surface area contributed by atoms with Crippen molar-refractivity contribution in [2.24, 2.45) is 0 Å². The van der Waals surface area contributed by atoms with Gasteiger partial charge in [-0.15, -0.1) is 0 Å². The lowest BCUT2D eigenvalue weighted by Crippen LogP contribution is -2.53. The lowest BCUT2D eigenvalue weighted by Gasteiger charge is -2.33. The Morgan fingerprint density at radius 3 is 1.52 bits per heavy atom. The van der Waals surface area contributed by atoms with Crippen LogP contribution in [0.5, 0.6) is 0 Å². The highest BCUT2D eigenvalue weighted by Gasteiger charge is 2.40. The third-order valence-corrected chi connectivity index (χ3v) is 9.06. The molecule has 0 unspecified atom stereocenters. The van der Waals surface area contributed by atoms with E-state index in [0.717, 1.165) is 16.3 Å². The molecule has 0 aliphatic carbocycles. The van der Waals surface area contributed by atoms with Crippen LogP contribution in [0.4, 0.5) is 4.39 Å². The second kappa shape index (κ2) is 6.12. The van der Waals surface area contributed by atoms with Gasteiger partial charge in [0.1, 0.15) is 5.82 Å². The van der Waals surface area contributed by atoms with E-state index in [4.69, 9.17) is 0 Å². The minimum Gasteiger partial charge on any atom is -0.427 e. The molecular weight excluding hydrogens is 279 g/mol. The summed E-state index contributed by atoms with van der Waals surface area (Å²) < 4.78 is 13.0. The Morgan fingerprint density at radius 2 is 1.14 bits per heavy atom. The molecule has 2 rings (SSSR count). The average Bonchev–Trinajstić information content (AvgIpc) is 2.47. The molecule has 2 aromatic rings. The molecule has 0 radical (unpaired) electrons. The Balaban J connectivity index is 2.36. The lowest BCUT2D eigenvalue weighted by atomic mass is 10.1. The number of rotatable bonds is 4. The fourth-order valence-electron chi connectivity index (χ4n) is 2.91. The smallest absolute Gasteiger partial charge is 0.225 e. The van der Waals surface area contributed by atoms with Gasteiger partial charge in [-0.3, -0.25) is 0 Å². The maximum atomic E-state index is 13.0. The summed E-state index contributed by atoms with van der Waals surface area (Å²) in [6.45, 7) is 8.39. The Morgan fingerprint density at radius 1 is 0.762 bits per heavy atom. The molecule has 0 bridgehead atoms. The third-order valence-electron chi connectivity index (χ3n) is 4.29. The van der Waals surface area contributed by atoms with Gasteiger partial charge in [-0.25, -0.2) is 4.39 Å². The van der Waals surface area contributed by atoms with Crippen LogP contribution >= 0.6 is 0 Å². The fourth-order valence-corrected chi connectivity index (χ4v) is 6.27. The summed E-state index contributed by atoms with van der Waals surface area (Å²) in [5.74, 6) is -0.225. The monoisotopic (exact) mass is 302 g/mol. The van der Waals surface area contributed by atoms with E-state index >= 15 is 0 Å². The standard InChI is InChI=1S/C18H23FOSi/c1-13(2)21(20,14(3)4)18-11-7-16(8-12-18)15-5-9-17(19)10-6-15/h5-14,20H,1-4H3. The van der Waals surface area contributed by atoms with Gasteiger partial charge in [0.05, 0.1) is 0 Å². The average molecular weight is 302 g/mol. The molecule has 0 amide bonds. The van der Waals surface area contributed by atoms with Crippen molar-refractivity contribution in [3.63, 3.8) is 0 Å². The first-order valence-electron chi connectivity index (χ1n) is 7.44. The number of halogens is 1. The first kappa shape index (κ1) is 15.9. The van der Waals surface area contributed by atoms with Crippen LogP contribution in [0, 0.1) is 5.82 Å². The van der Waals surface area contributed by atoms with Crippen LogP contribution in [0.3, 0.4) is 0 Å². The molecular formula is C18H23FOSi. The molecule has 3 heteroatoms. The summed E-state index contributed by atoms with van der Waals surface area (Å²) in [6.07, 6.45) is 0. The summed E-state index contributed by atoms with van der Waals surface area (Å²) in [6, 6.07) is 14.6. The Labute approximate surface area is 127 Å². The largest absolute Gasteiger partial charge is 0.427 e. The first-order chi connectivity index (χ1) is 9.85. The van der Waals surface area contributed by atoms with E-state index in [0.29, 0.717) is 0 Å². The predicted molar refractivity (Wildman–Crippen MR) is 89.6 cm³/mol. The number of hydrogen-bond acceptors (Lipinski definition) is 1. The van der Waals surface area contributed by atoms with Crippen LogP contribution in [0.25, 0.3) is 11.1 Å². The molecule has 0 fully saturated rings. The molecule has 0 atom stereocenters. The predicted octanol–water partition coefficient (Wildman–Crippen LogP) is 4.46. The van der Waals surface area contributed by atoms with E-state index in [2.05, 4.69) is 27.7 Å². The second-order valence-electron chi connectivity index (χ2n) is 6.22. The minimum atomic E-state index is -2.47. The van der Waals surface area contributed by atoms with Gasteiger partial charge >= 0.3 is 0 Å². The highest BCUT2D eigenvalue weighted by Crippen LogP contribution is 2.30. The van der Waals surface area contributed by atoms with Gasteiger partial charge in [0.25, 0.3) is 0 Å². The topological polar surface area (TPSA) is 20.2 Å².